The number of hydrogen-bond acceptors (Lipinski definition) is 0. The molecule has 0 saturated heterocycles. The molecule has 17 heavy (non-hydrogen) atoms. The van der Waals surface area contributed by atoms with Gasteiger partial charge < -0.3 is 0 Å². The van der Waals surface area contributed by atoms with Crippen LogP contribution in [0.3, 0.4) is 0 Å². The molecule has 0 spiro atoms. The van der Waals surface area contributed by atoms with Gasteiger partial charge in [-0.15, -0.1) is 0 Å². The minimum atomic E-state index is 0.649. The van der Waals surface area contributed by atoms with E-state index < -0.39 is 0 Å². The van der Waals surface area contributed by atoms with E-state index in [1.165, 1.54) is 57.8 Å². The van der Waals surface area contributed by atoms with E-state index in [4.69, 9.17) is 0 Å². The van der Waals surface area contributed by atoms with E-state index in [0.717, 1.165) is 5.92 Å². The van der Waals surface area contributed by atoms with Crippen molar-refractivity contribution in [1.82, 2.24) is 0 Å². The van der Waals surface area contributed by atoms with E-state index >= 15 is 0 Å². The number of allylic oxidation sites excluding steroid dienone is 2. The van der Waals surface area contributed by atoms with Crippen LogP contribution in [0.4, 0.5) is 0 Å². The summed E-state index contributed by atoms with van der Waals surface area (Å²) in [5, 5.41) is 0. The molecule has 0 N–H and O–H groups in total. The summed E-state index contributed by atoms with van der Waals surface area (Å²) < 4.78 is 0. The highest BCUT2D eigenvalue weighted by atomic mass is 14.6. The molecule has 0 aromatic carbocycles. The van der Waals surface area contributed by atoms with Gasteiger partial charge in [0.1, 0.15) is 0 Å². The lowest BCUT2D eigenvalue weighted by Crippen LogP contribution is -2.09. The van der Waals surface area contributed by atoms with Gasteiger partial charge >= 0.3 is 0 Å². The molecule has 0 bridgehead atoms. The Hall–Kier alpha value is -0.260. The quantitative estimate of drug-likeness (QED) is 0.423. The van der Waals surface area contributed by atoms with Crippen molar-refractivity contribution in [1.29, 1.82) is 0 Å². The molecule has 0 aromatic rings. The van der Waals surface area contributed by atoms with Crippen LogP contribution < -0.4 is 0 Å². The molecule has 1 aliphatic rings. The predicted molar refractivity (Wildman–Crippen MR) is 78.3 cm³/mol. The Labute approximate surface area is 109 Å². The summed E-state index contributed by atoms with van der Waals surface area (Å²) in [5.74, 6) is 1.02. The molecule has 0 unspecified atom stereocenters. The average molecular weight is 236 g/mol. The van der Waals surface area contributed by atoms with Gasteiger partial charge in [-0.1, -0.05) is 65.0 Å². The summed E-state index contributed by atoms with van der Waals surface area (Å²) in [6, 6.07) is 0. The lowest BCUT2D eigenvalue weighted by molar-refractivity contribution is 0.447. The molecule has 0 heteroatoms. The van der Waals surface area contributed by atoms with Crippen LogP contribution in [0.2, 0.25) is 0 Å². The van der Waals surface area contributed by atoms with E-state index in [0.29, 0.717) is 5.41 Å². The van der Waals surface area contributed by atoms with Crippen molar-refractivity contribution in [2.75, 3.05) is 0 Å². The smallest absolute Gasteiger partial charge is 0.00567 e. The Kier molecular flexibility index (Phi) is 6.30. The monoisotopic (exact) mass is 236 g/mol. The summed E-state index contributed by atoms with van der Waals surface area (Å²) in [5.41, 5.74) is 2.47. The van der Waals surface area contributed by atoms with Crippen LogP contribution in [0.25, 0.3) is 0 Å². The molecule has 1 aliphatic carbocycles. The maximum atomic E-state index is 2.59. The Morgan fingerprint density at radius 1 is 1.06 bits per heavy atom. The Bertz CT molecular complexity index is 238. The molecule has 0 amide bonds. The highest BCUT2D eigenvalue weighted by Crippen LogP contribution is 2.63. The Morgan fingerprint density at radius 3 is 2.35 bits per heavy atom. The van der Waals surface area contributed by atoms with E-state index in [9.17, 15) is 0 Å². The molecular weight excluding hydrogens is 204 g/mol. The first kappa shape index (κ1) is 14.8. The standard InChI is InChI=1S/C17H32/c1-5-9-12-15(10-6-2)17(13-8-4)14-16(17)11-7-3/h12,16H,5-11,13-14H2,1-4H3/b15-12+/t16-,17+/m1/s1. The summed E-state index contributed by atoms with van der Waals surface area (Å²) in [6.45, 7) is 9.32. The van der Waals surface area contributed by atoms with Gasteiger partial charge in [0.2, 0.25) is 0 Å². The maximum absolute atomic E-state index is 2.59. The molecule has 100 valence electrons. The average Bonchev–Trinajstić information content (AvgIpc) is 3.00. The number of rotatable bonds is 9. The summed E-state index contributed by atoms with van der Waals surface area (Å²) in [7, 11) is 0. The minimum absolute atomic E-state index is 0.649. The highest BCUT2D eigenvalue weighted by Gasteiger charge is 2.53. The molecule has 0 heterocycles. The summed E-state index contributed by atoms with van der Waals surface area (Å²) >= 11 is 0. The van der Waals surface area contributed by atoms with Gasteiger partial charge in [-0.3, -0.25) is 0 Å². The van der Waals surface area contributed by atoms with Crippen LogP contribution >= 0.6 is 0 Å². The lowest BCUT2D eigenvalue weighted by Gasteiger charge is -2.21. The number of hydrogen-bond donors (Lipinski definition) is 0. The molecule has 1 rings (SSSR count). The third kappa shape index (κ3) is 3.60. The van der Waals surface area contributed by atoms with Gasteiger partial charge in [0.25, 0.3) is 0 Å². The van der Waals surface area contributed by atoms with Gasteiger partial charge in [-0.05, 0) is 43.4 Å². The van der Waals surface area contributed by atoms with Crippen LogP contribution in [0, 0.1) is 11.3 Å². The predicted octanol–water partition coefficient (Wildman–Crippen LogP) is 6.12. The van der Waals surface area contributed by atoms with E-state index in [2.05, 4.69) is 33.8 Å². The molecule has 1 saturated carbocycles. The van der Waals surface area contributed by atoms with E-state index in [1.807, 2.05) is 5.57 Å². The fourth-order valence-corrected chi connectivity index (χ4v) is 3.56. The van der Waals surface area contributed by atoms with Gasteiger partial charge in [0.05, 0.1) is 0 Å². The molecular formula is C17H32. The van der Waals surface area contributed by atoms with E-state index in [-0.39, 0.29) is 0 Å². The molecule has 0 aromatic heterocycles. The largest absolute Gasteiger partial charge is 0.0848 e. The third-order valence-corrected chi connectivity index (χ3v) is 4.40. The summed E-state index contributed by atoms with van der Waals surface area (Å²) in [6.07, 6.45) is 14.9. The normalized spacial score (nSPS) is 28.5. The van der Waals surface area contributed by atoms with Crippen LogP contribution in [0.1, 0.15) is 85.5 Å². The number of unbranched alkanes of at least 4 members (excludes halogenated alkanes) is 1. The van der Waals surface area contributed by atoms with Crippen molar-refractivity contribution < 1.29 is 0 Å². The topological polar surface area (TPSA) is 0 Å². The van der Waals surface area contributed by atoms with Gasteiger partial charge in [0.15, 0.2) is 0 Å². The van der Waals surface area contributed by atoms with Crippen LogP contribution in [-0.4, -0.2) is 0 Å². The molecule has 0 nitrogen and oxygen atoms in total. The second kappa shape index (κ2) is 7.24. The van der Waals surface area contributed by atoms with Crippen molar-refractivity contribution in [3.8, 4) is 0 Å². The Morgan fingerprint density at radius 2 is 1.82 bits per heavy atom. The third-order valence-electron chi connectivity index (χ3n) is 4.40. The first-order valence-electron chi connectivity index (χ1n) is 7.94. The molecule has 1 fully saturated rings. The van der Waals surface area contributed by atoms with E-state index in [1.54, 1.807) is 0 Å². The van der Waals surface area contributed by atoms with Crippen LogP contribution in [-0.2, 0) is 0 Å². The van der Waals surface area contributed by atoms with Gasteiger partial charge in [-0.25, -0.2) is 0 Å². The van der Waals surface area contributed by atoms with Crippen molar-refractivity contribution in [3.05, 3.63) is 11.6 Å². The zero-order valence-electron chi connectivity index (χ0n) is 12.5. The van der Waals surface area contributed by atoms with Crippen molar-refractivity contribution in [3.63, 3.8) is 0 Å². The minimum Gasteiger partial charge on any atom is -0.0848 e. The van der Waals surface area contributed by atoms with Crippen molar-refractivity contribution >= 4 is 0 Å². The SMILES string of the molecule is CCC/C=C(\CCC)[C@]1(CCC)C[C@H]1CCC. The second-order valence-electron chi connectivity index (χ2n) is 5.86. The molecule has 0 radical (unpaired) electrons. The fourth-order valence-electron chi connectivity index (χ4n) is 3.56. The molecule has 2 atom stereocenters. The zero-order chi connectivity index (χ0) is 12.7. The van der Waals surface area contributed by atoms with Crippen molar-refractivity contribution in [2.24, 2.45) is 11.3 Å². The van der Waals surface area contributed by atoms with Crippen LogP contribution in [0.15, 0.2) is 11.6 Å². The fraction of sp³-hybridized carbons (Fsp3) is 0.882. The van der Waals surface area contributed by atoms with Gasteiger partial charge in [-0.2, -0.15) is 0 Å². The maximum Gasteiger partial charge on any atom is -0.00567 e. The van der Waals surface area contributed by atoms with Gasteiger partial charge in [0, 0.05) is 0 Å². The van der Waals surface area contributed by atoms with Crippen LogP contribution in [0.5, 0.6) is 0 Å². The van der Waals surface area contributed by atoms with Crippen molar-refractivity contribution in [2.45, 2.75) is 85.5 Å². The highest BCUT2D eigenvalue weighted by molar-refractivity contribution is 5.25. The summed E-state index contributed by atoms with van der Waals surface area (Å²) in [4.78, 5) is 0. The Balaban J connectivity index is 2.73. The lowest BCUT2D eigenvalue weighted by atomic mass is 9.84. The zero-order valence-corrected chi connectivity index (χ0v) is 12.5. The molecule has 0 aliphatic heterocycles. The second-order valence-corrected chi connectivity index (χ2v) is 5.86. The first-order chi connectivity index (χ1) is 8.25. The first-order valence-corrected chi connectivity index (χ1v) is 7.94.